The number of hydrogen-bond acceptors (Lipinski definition) is 9. The molecule has 0 aromatic rings. The molecule has 2 N–H and O–H groups in total. The number of carbonyl (C=O) groups is 3. The topological polar surface area (TPSA) is 133 Å². The zero-order chi connectivity index (χ0) is 31.9. The van der Waals surface area contributed by atoms with E-state index in [1.54, 1.807) is 17.9 Å². The zero-order valence-electron chi connectivity index (χ0n) is 26.7. The van der Waals surface area contributed by atoms with E-state index in [1.807, 2.05) is 26.0 Å². The monoisotopic (exact) mass is 618 g/mol. The predicted octanol–water partition coefficient (Wildman–Crippen LogP) is 3.45. The molecule has 0 radical (unpaired) electrons. The third kappa shape index (κ3) is 9.39. The maximum absolute atomic E-state index is 12.6. The van der Waals surface area contributed by atoms with Crippen molar-refractivity contribution in [2.75, 3.05) is 33.4 Å². The van der Waals surface area contributed by atoms with Gasteiger partial charge >= 0.3 is 12.1 Å². The smallest absolute Gasteiger partial charge is 0.410 e. The van der Waals surface area contributed by atoms with Crippen LogP contribution in [-0.4, -0.2) is 104 Å². The Bertz CT molecular complexity index is 1090. The van der Waals surface area contributed by atoms with Crippen LogP contribution in [0.15, 0.2) is 36.0 Å². The van der Waals surface area contributed by atoms with Crippen molar-refractivity contribution in [3.05, 3.63) is 36.0 Å². The highest BCUT2D eigenvalue weighted by Gasteiger charge is 2.56. The summed E-state index contributed by atoms with van der Waals surface area (Å²) in [5.74, 6) is -0.327. The maximum atomic E-state index is 12.6. The molecule has 0 aromatic heterocycles. The van der Waals surface area contributed by atoms with Crippen LogP contribution in [-0.2, 0) is 33.3 Å². The molecule has 1 aliphatic carbocycles. The van der Waals surface area contributed by atoms with Gasteiger partial charge in [-0.1, -0.05) is 30.7 Å². The lowest BCUT2D eigenvalue weighted by molar-refractivity contribution is -0.158. The number of morpholine rings is 1. The van der Waals surface area contributed by atoms with Crippen LogP contribution in [0.4, 0.5) is 4.79 Å². The third-order valence-electron chi connectivity index (χ3n) is 9.28. The second-order valence-corrected chi connectivity index (χ2v) is 12.8. The molecule has 4 fully saturated rings. The number of amides is 2. The fraction of sp³-hybridized carbons (Fsp3) is 0.727. The van der Waals surface area contributed by atoms with E-state index in [9.17, 15) is 19.5 Å². The van der Waals surface area contributed by atoms with Crippen molar-refractivity contribution >= 4 is 18.0 Å². The Morgan fingerprint density at radius 1 is 1.14 bits per heavy atom. The number of nitrogens with one attached hydrogen (secondary N) is 1. The summed E-state index contributed by atoms with van der Waals surface area (Å²) >= 11 is 0. The van der Waals surface area contributed by atoms with Gasteiger partial charge in [0.25, 0.3) is 0 Å². The van der Waals surface area contributed by atoms with E-state index in [1.165, 1.54) is 13.2 Å². The van der Waals surface area contributed by atoms with Crippen molar-refractivity contribution in [2.24, 2.45) is 11.3 Å². The molecule has 3 aliphatic heterocycles. The summed E-state index contributed by atoms with van der Waals surface area (Å²) in [5, 5.41) is 14.0. The Morgan fingerprint density at radius 2 is 1.86 bits per heavy atom. The van der Waals surface area contributed by atoms with Crippen molar-refractivity contribution in [2.45, 2.75) is 109 Å². The van der Waals surface area contributed by atoms with Gasteiger partial charge in [-0.3, -0.25) is 9.59 Å². The predicted molar refractivity (Wildman–Crippen MR) is 163 cm³/mol. The molecule has 1 spiro atoms. The van der Waals surface area contributed by atoms with E-state index in [0.29, 0.717) is 32.7 Å². The van der Waals surface area contributed by atoms with Crippen LogP contribution in [0.1, 0.15) is 66.2 Å². The second-order valence-electron chi connectivity index (χ2n) is 12.8. The van der Waals surface area contributed by atoms with Crippen LogP contribution in [0.2, 0.25) is 0 Å². The minimum atomic E-state index is -0.585. The lowest BCUT2D eigenvalue weighted by Gasteiger charge is -2.39. The molecule has 44 heavy (non-hydrogen) atoms. The number of aliphatic hydroxyl groups is 1. The van der Waals surface area contributed by atoms with Crippen LogP contribution >= 0.6 is 0 Å². The fourth-order valence-corrected chi connectivity index (χ4v) is 6.27. The van der Waals surface area contributed by atoms with E-state index in [2.05, 4.69) is 18.3 Å². The molecule has 8 atom stereocenters. The molecule has 11 nitrogen and oxygen atoms in total. The summed E-state index contributed by atoms with van der Waals surface area (Å²) in [4.78, 5) is 38.3. The molecule has 0 aromatic carbocycles. The van der Waals surface area contributed by atoms with Gasteiger partial charge in [-0.25, -0.2) is 4.79 Å². The molecular weight excluding hydrogens is 568 g/mol. The Balaban J connectivity index is 1.22. The normalized spacial score (nSPS) is 32.9. The second kappa shape index (κ2) is 15.5. The number of esters is 1. The average Bonchev–Trinajstić information content (AvgIpc) is 3.78. The van der Waals surface area contributed by atoms with Crippen LogP contribution < -0.4 is 5.32 Å². The van der Waals surface area contributed by atoms with Gasteiger partial charge in [0.05, 0.1) is 57.2 Å². The zero-order valence-corrected chi connectivity index (χ0v) is 26.7. The number of nitrogens with zero attached hydrogens (tertiary/aromatic N) is 1. The molecular formula is C33H50N2O9. The van der Waals surface area contributed by atoms with Gasteiger partial charge in [0.2, 0.25) is 5.91 Å². The summed E-state index contributed by atoms with van der Waals surface area (Å²) in [6.45, 7) is 9.83. The van der Waals surface area contributed by atoms with Crippen molar-refractivity contribution in [1.29, 1.82) is 0 Å². The van der Waals surface area contributed by atoms with Crippen LogP contribution in [0.3, 0.4) is 0 Å². The minimum absolute atomic E-state index is 0.00681. The molecule has 4 rings (SSSR count). The largest absolute Gasteiger partial charge is 0.469 e. The Kier molecular flexibility index (Phi) is 12.0. The average molecular weight is 619 g/mol. The summed E-state index contributed by atoms with van der Waals surface area (Å²) in [6.07, 6.45) is 10.9. The number of carbonyl (C=O) groups excluding carboxylic acids is 3. The number of aliphatic hydroxyl groups excluding tert-OH is 1. The van der Waals surface area contributed by atoms with E-state index >= 15 is 0 Å². The number of hydrogen-bond donors (Lipinski definition) is 2. The number of allylic oxidation sites excluding steroid dienone is 2. The van der Waals surface area contributed by atoms with Gasteiger partial charge in [0.15, 0.2) is 0 Å². The maximum Gasteiger partial charge on any atom is 0.410 e. The summed E-state index contributed by atoms with van der Waals surface area (Å²) in [7, 11) is 1.38. The van der Waals surface area contributed by atoms with Crippen LogP contribution in [0, 0.1) is 11.3 Å². The van der Waals surface area contributed by atoms with E-state index in [0.717, 1.165) is 31.3 Å². The quantitative estimate of drug-likeness (QED) is 0.215. The molecule has 3 saturated heterocycles. The first-order chi connectivity index (χ1) is 21.0. The Labute approximate surface area is 260 Å². The molecule has 2 amide bonds. The van der Waals surface area contributed by atoms with Crippen LogP contribution in [0.25, 0.3) is 0 Å². The molecule has 3 heterocycles. The fourth-order valence-electron chi connectivity index (χ4n) is 6.27. The van der Waals surface area contributed by atoms with Crippen LogP contribution in [0.5, 0.6) is 0 Å². The van der Waals surface area contributed by atoms with Crippen molar-refractivity contribution in [1.82, 2.24) is 10.2 Å². The number of methoxy groups -OCH3 is 1. The minimum Gasteiger partial charge on any atom is -0.469 e. The Morgan fingerprint density at radius 3 is 2.55 bits per heavy atom. The SMILES string of the molecule is COC(=O)C[C@@H]1CC2(CC2)[C@H](O)[C@@H](/C=C/C(C)=C/C[C@@H]2O[C@H](C)[C@H](NC(=O)/C=C\[C@H](C)OC(=O)N3CCOCC3)C[C@H]2C)O1. The first-order valence-electron chi connectivity index (χ1n) is 15.9. The van der Waals surface area contributed by atoms with Gasteiger partial charge in [0.1, 0.15) is 12.2 Å². The molecule has 0 unspecified atom stereocenters. The highest BCUT2D eigenvalue weighted by Crippen LogP contribution is 2.56. The Hall–Kier alpha value is -2.73. The van der Waals surface area contributed by atoms with Gasteiger partial charge in [-0.05, 0) is 64.9 Å². The summed E-state index contributed by atoms with van der Waals surface area (Å²) < 4.78 is 27.9. The number of ether oxygens (including phenoxy) is 5. The lowest BCUT2D eigenvalue weighted by Crippen LogP contribution is -2.50. The van der Waals surface area contributed by atoms with E-state index < -0.39 is 24.4 Å². The third-order valence-corrected chi connectivity index (χ3v) is 9.28. The highest BCUT2D eigenvalue weighted by atomic mass is 16.6. The first kappa shape index (κ1) is 34.1. The van der Waals surface area contributed by atoms with Crippen molar-refractivity contribution < 1.29 is 43.2 Å². The van der Waals surface area contributed by atoms with Gasteiger partial charge < -0.3 is 39.0 Å². The molecule has 11 heteroatoms. The summed E-state index contributed by atoms with van der Waals surface area (Å²) in [5.41, 5.74) is 0.884. The first-order valence-corrected chi connectivity index (χ1v) is 15.9. The molecule has 246 valence electrons. The standard InChI is InChI=1S/C33H50N2O9/c1-21(7-10-28-31(38)33(12-13-33)20-25(44-28)19-30(37)40-5)6-9-27-22(2)18-26(24(4)43-27)34-29(36)11-8-23(3)42-32(39)35-14-16-41-17-15-35/h6-8,10-11,22-28,31,38H,9,12-20H2,1-5H3,(H,34,36)/b10-7+,11-8-,21-6+/t22-,23+,24-,25-,26-,27+,28-,31-/m1/s1. The van der Waals surface area contributed by atoms with E-state index in [4.69, 9.17) is 23.7 Å². The van der Waals surface area contributed by atoms with Gasteiger partial charge in [-0.2, -0.15) is 0 Å². The highest BCUT2D eigenvalue weighted by molar-refractivity contribution is 5.87. The molecule has 1 saturated carbocycles. The summed E-state index contributed by atoms with van der Waals surface area (Å²) in [6, 6.07) is -0.132. The molecule has 4 aliphatic rings. The lowest BCUT2D eigenvalue weighted by atomic mass is 9.84. The van der Waals surface area contributed by atoms with Gasteiger partial charge in [-0.15, -0.1) is 0 Å². The molecule has 0 bridgehead atoms. The van der Waals surface area contributed by atoms with Crippen molar-refractivity contribution in [3.8, 4) is 0 Å². The number of rotatable bonds is 10. The van der Waals surface area contributed by atoms with Gasteiger partial charge in [0, 0.05) is 24.6 Å². The van der Waals surface area contributed by atoms with Crippen molar-refractivity contribution in [3.63, 3.8) is 0 Å². The van der Waals surface area contributed by atoms with E-state index in [-0.39, 0.29) is 54.0 Å².